The number of carbonyl (C=O) groups excluding carboxylic acids is 1. The lowest BCUT2D eigenvalue weighted by molar-refractivity contribution is -0.138. The number of thiazole rings is 1. The zero-order valence-corrected chi connectivity index (χ0v) is 10.6. The number of aliphatic carboxylic acids is 2. The number of amides is 1. The number of carboxylic acid groups (broad SMARTS) is 2. The molecule has 0 fully saturated rings. The zero-order valence-electron chi connectivity index (χ0n) is 9.83. The normalized spacial score (nSPS) is 11.8. The van der Waals surface area contributed by atoms with E-state index in [-0.39, 0.29) is 12.1 Å². The predicted molar refractivity (Wildman–Crippen MR) is 66.0 cm³/mol. The molecule has 19 heavy (non-hydrogen) atoms. The van der Waals surface area contributed by atoms with Gasteiger partial charge in [0.25, 0.3) is 5.91 Å². The second-order valence-corrected chi connectivity index (χ2v) is 4.63. The van der Waals surface area contributed by atoms with Crippen LogP contribution in [0, 0.1) is 0 Å². The summed E-state index contributed by atoms with van der Waals surface area (Å²) in [5.41, 5.74) is 5.46. The smallest absolute Gasteiger partial charge is 0.322 e. The fourth-order valence-corrected chi connectivity index (χ4v) is 1.97. The molecule has 0 saturated carbocycles. The maximum absolute atomic E-state index is 11.5. The third-order valence-corrected chi connectivity index (χ3v) is 3.08. The average molecular weight is 287 g/mol. The van der Waals surface area contributed by atoms with Crippen LogP contribution >= 0.6 is 11.3 Å². The highest BCUT2D eigenvalue weighted by Gasteiger charge is 2.15. The molecule has 9 heteroatoms. The molecule has 5 N–H and O–H groups in total. The third kappa shape index (κ3) is 5.02. The van der Waals surface area contributed by atoms with Gasteiger partial charge in [-0.15, -0.1) is 11.3 Å². The van der Waals surface area contributed by atoms with Crippen LogP contribution in [0.3, 0.4) is 0 Å². The standard InChI is InChI=1S/C10H13N3O5S/c11-5(10(17)18)1-2-7-13-6(4-19-7)9(16)12-3-8(14)15/h4-5H,1-3,11H2,(H,12,16)(H,14,15)(H,17,18). The second kappa shape index (κ2) is 6.81. The first-order chi connectivity index (χ1) is 8.90. The van der Waals surface area contributed by atoms with Crippen molar-refractivity contribution in [1.29, 1.82) is 0 Å². The van der Waals surface area contributed by atoms with Gasteiger partial charge < -0.3 is 21.3 Å². The summed E-state index contributed by atoms with van der Waals surface area (Å²) in [6, 6.07) is -0.965. The molecule has 0 aromatic carbocycles. The number of aromatic nitrogens is 1. The Labute approximate surface area is 112 Å². The predicted octanol–water partition coefficient (Wildman–Crippen LogP) is -0.698. The van der Waals surface area contributed by atoms with Crippen molar-refractivity contribution < 1.29 is 24.6 Å². The molecule has 1 unspecified atom stereocenters. The topological polar surface area (TPSA) is 143 Å². The van der Waals surface area contributed by atoms with Crippen molar-refractivity contribution >= 4 is 29.2 Å². The van der Waals surface area contributed by atoms with Gasteiger partial charge in [0.05, 0.1) is 5.01 Å². The maximum atomic E-state index is 11.5. The Bertz CT molecular complexity index is 487. The molecule has 0 radical (unpaired) electrons. The molecule has 0 spiro atoms. The summed E-state index contributed by atoms with van der Waals surface area (Å²) < 4.78 is 0. The number of hydrogen-bond donors (Lipinski definition) is 4. The summed E-state index contributed by atoms with van der Waals surface area (Å²) in [5, 5.41) is 21.3. The fraction of sp³-hybridized carbons (Fsp3) is 0.400. The van der Waals surface area contributed by atoms with Crippen LogP contribution in [-0.2, 0) is 16.0 Å². The van der Waals surface area contributed by atoms with E-state index < -0.39 is 30.4 Å². The van der Waals surface area contributed by atoms with E-state index in [9.17, 15) is 14.4 Å². The van der Waals surface area contributed by atoms with Crippen LogP contribution in [-0.4, -0.2) is 45.6 Å². The van der Waals surface area contributed by atoms with Gasteiger partial charge in [-0.2, -0.15) is 0 Å². The highest BCUT2D eigenvalue weighted by atomic mass is 32.1. The number of rotatable bonds is 7. The fourth-order valence-electron chi connectivity index (χ4n) is 1.18. The van der Waals surface area contributed by atoms with E-state index in [0.29, 0.717) is 11.4 Å². The Morgan fingerprint density at radius 1 is 1.42 bits per heavy atom. The van der Waals surface area contributed by atoms with E-state index in [2.05, 4.69) is 10.3 Å². The number of nitrogens with two attached hydrogens (primary N) is 1. The van der Waals surface area contributed by atoms with E-state index in [4.69, 9.17) is 15.9 Å². The lowest BCUT2D eigenvalue weighted by Gasteiger charge is -2.03. The Morgan fingerprint density at radius 2 is 2.11 bits per heavy atom. The van der Waals surface area contributed by atoms with Gasteiger partial charge in [-0.05, 0) is 6.42 Å². The van der Waals surface area contributed by atoms with Crippen molar-refractivity contribution in [2.24, 2.45) is 5.73 Å². The average Bonchev–Trinajstić information content (AvgIpc) is 2.81. The van der Waals surface area contributed by atoms with E-state index in [1.54, 1.807) is 0 Å². The molecule has 1 aromatic rings. The second-order valence-electron chi connectivity index (χ2n) is 3.69. The molecule has 1 rings (SSSR count). The molecule has 1 atom stereocenters. The third-order valence-electron chi connectivity index (χ3n) is 2.17. The zero-order chi connectivity index (χ0) is 14.4. The Hall–Kier alpha value is -2.00. The van der Waals surface area contributed by atoms with Crippen LogP contribution in [0.2, 0.25) is 0 Å². The molecule has 1 heterocycles. The molecular formula is C10H13N3O5S. The van der Waals surface area contributed by atoms with Crippen molar-refractivity contribution in [1.82, 2.24) is 10.3 Å². The highest BCUT2D eigenvalue weighted by Crippen LogP contribution is 2.12. The molecule has 104 valence electrons. The van der Waals surface area contributed by atoms with Gasteiger partial charge in [-0.25, -0.2) is 4.98 Å². The van der Waals surface area contributed by atoms with Crippen molar-refractivity contribution in [2.75, 3.05) is 6.54 Å². The maximum Gasteiger partial charge on any atom is 0.322 e. The molecule has 0 aliphatic heterocycles. The van der Waals surface area contributed by atoms with Gasteiger partial charge in [0.15, 0.2) is 0 Å². The number of nitrogens with one attached hydrogen (secondary N) is 1. The summed E-state index contributed by atoms with van der Waals surface area (Å²) in [7, 11) is 0. The Morgan fingerprint density at radius 3 is 2.68 bits per heavy atom. The molecule has 0 bridgehead atoms. The first-order valence-corrected chi connectivity index (χ1v) is 6.21. The molecule has 0 aliphatic rings. The van der Waals surface area contributed by atoms with Gasteiger partial charge in [-0.1, -0.05) is 0 Å². The van der Waals surface area contributed by atoms with Crippen LogP contribution in [0.4, 0.5) is 0 Å². The number of hydrogen-bond acceptors (Lipinski definition) is 6. The molecule has 0 saturated heterocycles. The Balaban J connectivity index is 2.50. The number of aryl methyl sites for hydroxylation is 1. The van der Waals surface area contributed by atoms with Crippen molar-refractivity contribution in [2.45, 2.75) is 18.9 Å². The molecular weight excluding hydrogens is 274 g/mol. The van der Waals surface area contributed by atoms with Crippen molar-refractivity contribution in [3.63, 3.8) is 0 Å². The summed E-state index contributed by atoms with van der Waals surface area (Å²) in [6.45, 7) is -0.477. The van der Waals surface area contributed by atoms with Gasteiger partial charge in [0.2, 0.25) is 0 Å². The molecule has 1 aromatic heterocycles. The van der Waals surface area contributed by atoms with Crippen molar-refractivity contribution in [3.8, 4) is 0 Å². The quantitative estimate of drug-likeness (QED) is 0.519. The molecule has 1 amide bonds. The summed E-state index contributed by atoms with van der Waals surface area (Å²) in [6.07, 6.45) is 0.573. The van der Waals surface area contributed by atoms with Crippen LogP contribution in [0.5, 0.6) is 0 Å². The minimum atomic E-state index is -1.14. The lowest BCUT2D eigenvalue weighted by atomic mass is 10.2. The minimum absolute atomic E-state index is 0.116. The van der Waals surface area contributed by atoms with E-state index in [1.807, 2.05) is 0 Å². The van der Waals surface area contributed by atoms with Gasteiger partial charge in [0, 0.05) is 11.8 Å². The first kappa shape index (κ1) is 15.1. The Kier molecular flexibility index (Phi) is 5.39. The first-order valence-electron chi connectivity index (χ1n) is 5.33. The van der Waals surface area contributed by atoms with E-state index in [0.717, 1.165) is 0 Å². The monoisotopic (exact) mass is 287 g/mol. The van der Waals surface area contributed by atoms with E-state index >= 15 is 0 Å². The highest BCUT2D eigenvalue weighted by molar-refractivity contribution is 7.09. The van der Waals surface area contributed by atoms with Crippen LogP contribution in [0.15, 0.2) is 5.38 Å². The number of carbonyl (C=O) groups is 3. The van der Waals surface area contributed by atoms with Crippen LogP contribution < -0.4 is 11.1 Å². The number of nitrogens with zero attached hydrogens (tertiary/aromatic N) is 1. The summed E-state index contributed by atoms with van der Waals surface area (Å²) >= 11 is 1.20. The SMILES string of the molecule is NC(CCc1nc(C(=O)NCC(=O)O)cs1)C(=O)O. The van der Waals surface area contributed by atoms with Gasteiger partial charge >= 0.3 is 11.9 Å². The number of carboxylic acids is 2. The summed E-state index contributed by atoms with van der Waals surface area (Å²) in [5.74, 6) is -2.81. The summed E-state index contributed by atoms with van der Waals surface area (Å²) in [4.78, 5) is 36.2. The van der Waals surface area contributed by atoms with E-state index in [1.165, 1.54) is 16.7 Å². The van der Waals surface area contributed by atoms with Crippen LogP contribution in [0.1, 0.15) is 21.9 Å². The molecule has 8 nitrogen and oxygen atoms in total. The van der Waals surface area contributed by atoms with Crippen molar-refractivity contribution in [3.05, 3.63) is 16.1 Å². The largest absolute Gasteiger partial charge is 0.480 e. The minimum Gasteiger partial charge on any atom is -0.480 e. The van der Waals surface area contributed by atoms with Gasteiger partial charge in [-0.3, -0.25) is 14.4 Å². The molecule has 0 aliphatic carbocycles. The lowest BCUT2D eigenvalue weighted by Crippen LogP contribution is -2.30. The van der Waals surface area contributed by atoms with Gasteiger partial charge in [0.1, 0.15) is 18.3 Å². The van der Waals surface area contributed by atoms with Crippen LogP contribution in [0.25, 0.3) is 0 Å².